The smallest absolute Gasteiger partial charge is 0.398 e. The Balaban J connectivity index is 0.00000121. The van der Waals surface area contributed by atoms with Crippen LogP contribution in [0.1, 0.15) is 43.6 Å². The maximum atomic E-state index is 13.0. The SMILES string of the molecule is CC.Cc1cc(C(C)F)c(N)c(C(F)(F)F)c1. The van der Waals surface area contributed by atoms with E-state index in [-0.39, 0.29) is 5.56 Å². The molecular weight excluding hydrogens is 234 g/mol. The Bertz CT molecular complexity index is 370. The Hall–Kier alpha value is -1.26. The summed E-state index contributed by atoms with van der Waals surface area (Å²) in [5, 5.41) is 0. The zero-order valence-corrected chi connectivity index (χ0v) is 10.3. The lowest BCUT2D eigenvalue weighted by atomic mass is 10.0. The van der Waals surface area contributed by atoms with Gasteiger partial charge in [0.15, 0.2) is 0 Å². The van der Waals surface area contributed by atoms with Gasteiger partial charge in [-0.3, -0.25) is 0 Å². The van der Waals surface area contributed by atoms with Gasteiger partial charge in [0, 0.05) is 11.3 Å². The molecule has 98 valence electrons. The number of benzene rings is 1. The highest BCUT2D eigenvalue weighted by molar-refractivity contribution is 5.57. The maximum Gasteiger partial charge on any atom is 0.418 e. The van der Waals surface area contributed by atoms with Gasteiger partial charge < -0.3 is 5.73 Å². The minimum Gasteiger partial charge on any atom is -0.398 e. The van der Waals surface area contributed by atoms with Crippen molar-refractivity contribution in [3.8, 4) is 0 Å². The molecule has 0 fully saturated rings. The summed E-state index contributed by atoms with van der Waals surface area (Å²) < 4.78 is 50.4. The number of hydrogen-bond acceptors (Lipinski definition) is 1. The molecule has 1 aromatic rings. The first-order valence-corrected chi connectivity index (χ1v) is 5.34. The fourth-order valence-corrected chi connectivity index (χ4v) is 1.39. The van der Waals surface area contributed by atoms with Crippen molar-refractivity contribution in [1.29, 1.82) is 0 Å². The Kier molecular flexibility index (Phi) is 5.45. The molecule has 5 heteroatoms. The summed E-state index contributed by atoms with van der Waals surface area (Å²) >= 11 is 0. The molecule has 0 bridgehead atoms. The molecule has 1 unspecified atom stereocenters. The predicted molar refractivity (Wildman–Crippen MR) is 61.5 cm³/mol. The normalized spacial score (nSPS) is 12.7. The standard InChI is InChI=1S/C10H11F4N.C2H6/c1-5-3-7(6(2)11)9(15)8(4-5)10(12,13)14;1-2/h3-4,6H,15H2,1-2H3;1-2H3. The van der Waals surface area contributed by atoms with Gasteiger partial charge in [-0.2, -0.15) is 13.2 Å². The summed E-state index contributed by atoms with van der Waals surface area (Å²) in [6, 6.07) is 2.25. The number of alkyl halides is 4. The van der Waals surface area contributed by atoms with Crippen molar-refractivity contribution >= 4 is 5.69 Å². The van der Waals surface area contributed by atoms with Crippen LogP contribution in [0.3, 0.4) is 0 Å². The maximum absolute atomic E-state index is 13.0. The molecule has 0 aliphatic rings. The molecule has 2 N–H and O–H groups in total. The summed E-state index contributed by atoms with van der Waals surface area (Å²) in [5.74, 6) is 0. The second-order valence-corrected chi connectivity index (χ2v) is 3.43. The number of hydrogen-bond donors (Lipinski definition) is 1. The van der Waals surface area contributed by atoms with Crippen LogP contribution in [0.25, 0.3) is 0 Å². The van der Waals surface area contributed by atoms with E-state index in [2.05, 4.69) is 0 Å². The van der Waals surface area contributed by atoms with Crippen LogP contribution in [0.5, 0.6) is 0 Å². The molecule has 0 saturated heterocycles. The number of halogens is 4. The van der Waals surface area contributed by atoms with Gasteiger partial charge >= 0.3 is 6.18 Å². The molecule has 17 heavy (non-hydrogen) atoms. The zero-order valence-electron chi connectivity index (χ0n) is 10.3. The topological polar surface area (TPSA) is 26.0 Å². The van der Waals surface area contributed by atoms with Gasteiger partial charge in [-0.1, -0.05) is 19.9 Å². The van der Waals surface area contributed by atoms with Crippen molar-refractivity contribution < 1.29 is 17.6 Å². The highest BCUT2D eigenvalue weighted by atomic mass is 19.4. The first kappa shape index (κ1) is 15.7. The van der Waals surface area contributed by atoms with E-state index in [9.17, 15) is 17.6 Å². The molecular formula is C12H17F4N. The van der Waals surface area contributed by atoms with Crippen LogP contribution in [0.15, 0.2) is 12.1 Å². The van der Waals surface area contributed by atoms with E-state index in [1.165, 1.54) is 13.0 Å². The van der Waals surface area contributed by atoms with Crippen LogP contribution in [0.2, 0.25) is 0 Å². The third-order valence-electron chi connectivity index (χ3n) is 2.09. The average molecular weight is 251 g/mol. The Labute approximate surface area is 98.6 Å². The molecule has 0 aromatic heterocycles. The Morgan fingerprint density at radius 3 is 2.00 bits per heavy atom. The van der Waals surface area contributed by atoms with E-state index in [0.717, 1.165) is 13.0 Å². The summed E-state index contributed by atoms with van der Waals surface area (Å²) in [6.07, 6.45) is -6.05. The van der Waals surface area contributed by atoms with E-state index in [0.29, 0.717) is 5.56 Å². The van der Waals surface area contributed by atoms with Gasteiger partial charge in [0.25, 0.3) is 0 Å². The van der Waals surface area contributed by atoms with Crippen LogP contribution in [0.4, 0.5) is 23.2 Å². The second kappa shape index (κ2) is 5.89. The molecule has 1 aromatic carbocycles. The summed E-state index contributed by atoms with van der Waals surface area (Å²) in [4.78, 5) is 0. The van der Waals surface area contributed by atoms with Crippen molar-refractivity contribution in [3.05, 3.63) is 28.8 Å². The molecule has 0 spiro atoms. The monoisotopic (exact) mass is 251 g/mol. The van der Waals surface area contributed by atoms with Gasteiger partial charge in [0.1, 0.15) is 6.17 Å². The summed E-state index contributed by atoms with van der Waals surface area (Å²) in [6.45, 7) is 6.63. The van der Waals surface area contributed by atoms with E-state index < -0.39 is 23.6 Å². The highest BCUT2D eigenvalue weighted by Gasteiger charge is 2.34. The zero-order chi connectivity index (χ0) is 13.8. The first-order valence-electron chi connectivity index (χ1n) is 5.34. The van der Waals surface area contributed by atoms with Gasteiger partial charge in [0.2, 0.25) is 0 Å². The van der Waals surface area contributed by atoms with Crippen LogP contribution >= 0.6 is 0 Å². The van der Waals surface area contributed by atoms with E-state index >= 15 is 0 Å². The second-order valence-electron chi connectivity index (χ2n) is 3.43. The predicted octanol–water partition coefficient (Wildman–Crippen LogP) is 4.65. The lowest BCUT2D eigenvalue weighted by Crippen LogP contribution is -2.11. The van der Waals surface area contributed by atoms with Crippen molar-refractivity contribution in [3.63, 3.8) is 0 Å². The van der Waals surface area contributed by atoms with E-state index in [4.69, 9.17) is 5.73 Å². The van der Waals surface area contributed by atoms with Crippen molar-refractivity contribution in [1.82, 2.24) is 0 Å². The minimum absolute atomic E-state index is 0.109. The fraction of sp³-hybridized carbons (Fsp3) is 0.500. The Morgan fingerprint density at radius 2 is 1.65 bits per heavy atom. The van der Waals surface area contributed by atoms with Gasteiger partial charge in [-0.15, -0.1) is 0 Å². The quantitative estimate of drug-likeness (QED) is 0.570. The van der Waals surface area contributed by atoms with Gasteiger partial charge in [0.05, 0.1) is 5.56 Å². The number of rotatable bonds is 1. The van der Waals surface area contributed by atoms with Crippen LogP contribution < -0.4 is 5.73 Å². The van der Waals surface area contributed by atoms with Gasteiger partial charge in [-0.25, -0.2) is 4.39 Å². The molecule has 0 amide bonds. The fourth-order valence-electron chi connectivity index (χ4n) is 1.39. The minimum atomic E-state index is -4.54. The van der Waals surface area contributed by atoms with Crippen molar-refractivity contribution in [2.75, 3.05) is 5.73 Å². The summed E-state index contributed by atoms with van der Waals surface area (Å²) in [5.41, 5.74) is 4.02. The number of anilines is 1. The largest absolute Gasteiger partial charge is 0.418 e. The number of nitrogen functional groups attached to an aromatic ring is 1. The van der Waals surface area contributed by atoms with E-state index in [1.807, 2.05) is 13.8 Å². The highest BCUT2D eigenvalue weighted by Crippen LogP contribution is 2.38. The average Bonchev–Trinajstić information content (AvgIpc) is 2.22. The van der Waals surface area contributed by atoms with Crippen LogP contribution in [-0.2, 0) is 6.18 Å². The third kappa shape index (κ3) is 3.91. The molecule has 0 aliphatic carbocycles. The van der Waals surface area contributed by atoms with Crippen LogP contribution in [0, 0.1) is 6.92 Å². The van der Waals surface area contributed by atoms with E-state index in [1.54, 1.807) is 0 Å². The molecule has 1 nitrogen and oxygen atoms in total. The Morgan fingerprint density at radius 1 is 1.18 bits per heavy atom. The molecule has 1 atom stereocenters. The molecule has 0 saturated carbocycles. The van der Waals surface area contributed by atoms with Crippen LogP contribution in [-0.4, -0.2) is 0 Å². The molecule has 0 aliphatic heterocycles. The molecule has 0 heterocycles. The van der Waals surface area contributed by atoms with Crippen molar-refractivity contribution in [2.45, 2.75) is 40.0 Å². The first-order chi connectivity index (χ1) is 7.73. The van der Waals surface area contributed by atoms with Gasteiger partial charge in [-0.05, 0) is 25.5 Å². The lowest BCUT2D eigenvalue weighted by molar-refractivity contribution is -0.137. The third-order valence-corrected chi connectivity index (χ3v) is 2.09. The number of nitrogens with two attached hydrogens (primary N) is 1. The lowest BCUT2D eigenvalue weighted by Gasteiger charge is -2.15. The molecule has 0 radical (unpaired) electrons. The number of aryl methyl sites for hydroxylation is 1. The van der Waals surface area contributed by atoms with Crippen molar-refractivity contribution in [2.24, 2.45) is 0 Å². The molecule has 1 rings (SSSR count). The summed E-state index contributed by atoms with van der Waals surface area (Å²) in [7, 11) is 0.